The van der Waals surface area contributed by atoms with E-state index in [1.54, 1.807) is 0 Å². The van der Waals surface area contributed by atoms with Gasteiger partial charge in [0.15, 0.2) is 0 Å². The van der Waals surface area contributed by atoms with Crippen LogP contribution in [0.25, 0.3) is 0 Å². The Morgan fingerprint density at radius 1 is 1.50 bits per heavy atom. The van der Waals surface area contributed by atoms with Crippen molar-refractivity contribution in [1.29, 1.82) is 0 Å². The molecule has 0 rings (SSSR count). The van der Waals surface area contributed by atoms with Crippen molar-refractivity contribution < 1.29 is 18.9 Å². The van der Waals surface area contributed by atoms with Crippen molar-refractivity contribution in [1.82, 2.24) is 0 Å². The molecule has 6 heavy (non-hydrogen) atoms. The van der Waals surface area contributed by atoms with E-state index >= 15 is 0 Å². The summed E-state index contributed by atoms with van der Waals surface area (Å²) in [7, 11) is 0. The third kappa shape index (κ3) is 8.91. The molecule has 0 N–H and O–H groups in total. The Labute approximate surface area is 60.0 Å². The molecular formula is C4H8BrLi. The van der Waals surface area contributed by atoms with Crippen LogP contribution in [0.4, 0.5) is 0 Å². The van der Waals surface area contributed by atoms with Gasteiger partial charge in [-0.05, 0) is 0 Å². The average molecular weight is 143 g/mol. The third-order valence-electron chi connectivity index (χ3n) is 0.267. The second-order valence-electron chi connectivity index (χ2n) is 1.34. The molecule has 2 heteroatoms. The fraction of sp³-hybridized carbons (Fsp3) is 0.750. The molecule has 0 aromatic heterocycles. The first kappa shape index (κ1) is 10.1. The fourth-order valence-corrected chi connectivity index (χ4v) is 0. The quantitative estimate of drug-likeness (QED) is 0.251. The topological polar surface area (TPSA) is 0 Å². The van der Waals surface area contributed by atoms with E-state index in [2.05, 4.69) is 29.8 Å². The second-order valence-corrected chi connectivity index (χ2v) is 1.90. The van der Waals surface area contributed by atoms with Crippen LogP contribution < -0.4 is 18.9 Å². The Morgan fingerprint density at radius 3 is 1.67 bits per heavy atom. The molecule has 0 saturated carbocycles. The number of hydrogen-bond acceptors (Lipinski definition) is 0. The van der Waals surface area contributed by atoms with Gasteiger partial charge in [-0.3, -0.25) is 0 Å². The molecule has 0 fully saturated rings. The molecule has 0 unspecified atom stereocenters. The first-order valence-electron chi connectivity index (χ1n) is 1.62. The Kier molecular flexibility index (Phi) is 10.3. The van der Waals surface area contributed by atoms with Crippen LogP contribution in [0.2, 0.25) is 0 Å². The van der Waals surface area contributed by atoms with Gasteiger partial charge in [0.2, 0.25) is 0 Å². The first-order valence-corrected chi connectivity index (χ1v) is 2.74. The van der Waals surface area contributed by atoms with E-state index in [4.69, 9.17) is 0 Å². The summed E-state index contributed by atoms with van der Waals surface area (Å²) in [5.41, 5.74) is 0. The van der Waals surface area contributed by atoms with Crippen LogP contribution in [-0.2, 0) is 0 Å². The van der Waals surface area contributed by atoms with Crippen LogP contribution in [-0.4, -0.2) is 5.33 Å². The smallest absolute Gasteiger partial charge is 0.309 e. The Balaban J connectivity index is 0. The zero-order valence-electron chi connectivity index (χ0n) is 4.59. The zero-order valence-corrected chi connectivity index (χ0v) is 6.17. The van der Waals surface area contributed by atoms with Crippen molar-refractivity contribution in [3.8, 4) is 0 Å². The van der Waals surface area contributed by atoms with Gasteiger partial charge in [-0.15, -0.1) is 21.3 Å². The predicted octanol–water partition coefficient (Wildman–Crippen LogP) is -1.00. The molecule has 0 aliphatic rings. The maximum Gasteiger partial charge on any atom is 1.00 e. The molecule has 0 bridgehead atoms. The van der Waals surface area contributed by atoms with Crippen molar-refractivity contribution in [2.45, 2.75) is 13.8 Å². The number of alkyl halides is 1. The van der Waals surface area contributed by atoms with Crippen molar-refractivity contribution in [3.63, 3.8) is 0 Å². The van der Waals surface area contributed by atoms with E-state index in [1.165, 1.54) is 5.92 Å². The normalized spacial score (nSPS) is 8.00. The molecule has 0 radical (unpaired) electrons. The summed E-state index contributed by atoms with van der Waals surface area (Å²) >= 11 is 3.28. The molecular weight excluding hydrogens is 135 g/mol. The molecule has 0 aromatic rings. The molecule has 0 aliphatic heterocycles. The first-order chi connectivity index (χ1) is 2.27. The van der Waals surface area contributed by atoms with E-state index in [9.17, 15) is 0 Å². The standard InChI is InChI=1S/C4H8Br.Li/c1-4(2)3-5;/h3H2,1-2H3;/q-1;+1. The van der Waals surface area contributed by atoms with Gasteiger partial charge < -0.3 is 5.92 Å². The summed E-state index contributed by atoms with van der Waals surface area (Å²) in [6.07, 6.45) is 0. The Morgan fingerprint density at radius 2 is 1.67 bits per heavy atom. The molecule has 0 heterocycles. The predicted molar refractivity (Wildman–Crippen MR) is 28.4 cm³/mol. The monoisotopic (exact) mass is 142 g/mol. The summed E-state index contributed by atoms with van der Waals surface area (Å²) in [6, 6.07) is 0. The van der Waals surface area contributed by atoms with Gasteiger partial charge in [-0.2, -0.15) is 13.8 Å². The van der Waals surface area contributed by atoms with Gasteiger partial charge in [0, 0.05) is 0 Å². The second kappa shape index (κ2) is 6.08. The minimum absolute atomic E-state index is 0. The summed E-state index contributed by atoms with van der Waals surface area (Å²) in [5, 5.41) is 1.03. The van der Waals surface area contributed by atoms with Gasteiger partial charge in [-0.25, -0.2) is 0 Å². The molecule has 0 atom stereocenters. The Hall–Kier alpha value is 1.08. The van der Waals surface area contributed by atoms with Gasteiger partial charge >= 0.3 is 18.9 Å². The molecule has 0 saturated heterocycles. The molecule has 32 valence electrons. The third-order valence-corrected chi connectivity index (χ3v) is 1.39. The molecule has 0 spiro atoms. The summed E-state index contributed by atoms with van der Waals surface area (Å²) in [4.78, 5) is 0. The Bertz CT molecular complexity index is 21.5. The molecule has 0 nitrogen and oxygen atoms in total. The average Bonchev–Trinajstić information content (AvgIpc) is 1.38. The summed E-state index contributed by atoms with van der Waals surface area (Å²) < 4.78 is 0. The SMILES string of the molecule is C[C-](C)CBr.[Li+]. The minimum Gasteiger partial charge on any atom is -0.309 e. The maximum atomic E-state index is 3.28. The molecule has 0 amide bonds. The summed E-state index contributed by atoms with van der Waals surface area (Å²) in [5.74, 6) is 1.42. The molecule has 0 aromatic carbocycles. The number of rotatable bonds is 1. The minimum atomic E-state index is 0. The maximum absolute atomic E-state index is 3.28. The van der Waals surface area contributed by atoms with Gasteiger partial charge in [0.05, 0.1) is 0 Å². The molecule has 0 aliphatic carbocycles. The van der Waals surface area contributed by atoms with Gasteiger partial charge in [0.25, 0.3) is 0 Å². The van der Waals surface area contributed by atoms with Gasteiger partial charge in [-0.1, -0.05) is 0 Å². The van der Waals surface area contributed by atoms with E-state index in [0.29, 0.717) is 0 Å². The van der Waals surface area contributed by atoms with Crippen molar-refractivity contribution >= 4 is 15.9 Å². The fourth-order valence-electron chi connectivity index (χ4n) is 0. The van der Waals surface area contributed by atoms with Crippen LogP contribution in [0.3, 0.4) is 0 Å². The van der Waals surface area contributed by atoms with Crippen molar-refractivity contribution in [2.24, 2.45) is 0 Å². The van der Waals surface area contributed by atoms with E-state index in [0.717, 1.165) is 5.33 Å². The van der Waals surface area contributed by atoms with E-state index in [1.807, 2.05) is 0 Å². The van der Waals surface area contributed by atoms with Crippen LogP contribution in [0, 0.1) is 5.92 Å². The van der Waals surface area contributed by atoms with Crippen LogP contribution >= 0.6 is 15.9 Å². The summed E-state index contributed by atoms with van der Waals surface area (Å²) in [6.45, 7) is 4.18. The van der Waals surface area contributed by atoms with Crippen molar-refractivity contribution in [3.05, 3.63) is 5.92 Å². The largest absolute Gasteiger partial charge is 1.00 e. The number of halogens is 1. The van der Waals surface area contributed by atoms with Gasteiger partial charge in [0.1, 0.15) is 0 Å². The number of hydrogen-bond donors (Lipinski definition) is 0. The zero-order chi connectivity index (χ0) is 4.28. The van der Waals surface area contributed by atoms with Crippen LogP contribution in [0.1, 0.15) is 13.8 Å². The van der Waals surface area contributed by atoms with E-state index < -0.39 is 0 Å². The van der Waals surface area contributed by atoms with E-state index in [-0.39, 0.29) is 18.9 Å². The van der Waals surface area contributed by atoms with Crippen LogP contribution in [0.15, 0.2) is 0 Å². The van der Waals surface area contributed by atoms with Crippen molar-refractivity contribution in [2.75, 3.05) is 5.33 Å². The van der Waals surface area contributed by atoms with Crippen LogP contribution in [0.5, 0.6) is 0 Å².